The summed E-state index contributed by atoms with van der Waals surface area (Å²) in [5, 5.41) is 8.91. The van der Waals surface area contributed by atoms with Crippen molar-refractivity contribution in [3.8, 4) is 22.3 Å². The number of thiophene rings is 1. The Labute approximate surface area is 214 Å². The van der Waals surface area contributed by atoms with Gasteiger partial charge in [-0.1, -0.05) is 109 Å². The van der Waals surface area contributed by atoms with Crippen LogP contribution < -0.4 is 5.32 Å². The topological polar surface area (TPSA) is 12.0 Å². The van der Waals surface area contributed by atoms with E-state index in [-0.39, 0.29) is 0 Å². The summed E-state index contributed by atoms with van der Waals surface area (Å²) in [5.41, 5.74) is 7.18. The number of hydrogen-bond donors (Lipinski definition) is 1. The molecule has 0 aliphatic rings. The number of anilines is 2. The fraction of sp³-hybridized carbons (Fsp3) is 0. The van der Waals surface area contributed by atoms with E-state index in [4.69, 9.17) is 0 Å². The van der Waals surface area contributed by atoms with Crippen molar-refractivity contribution < 1.29 is 0 Å². The highest BCUT2D eigenvalue weighted by Crippen LogP contribution is 2.45. The van der Waals surface area contributed by atoms with Gasteiger partial charge in [-0.25, -0.2) is 0 Å². The molecule has 36 heavy (non-hydrogen) atoms. The van der Waals surface area contributed by atoms with Crippen molar-refractivity contribution in [2.75, 3.05) is 5.32 Å². The smallest absolute Gasteiger partial charge is 0.0479 e. The standard InChI is InChI=1S/C34H23NS/c1-2-11-24(12-3-1)28-20-21-31(33-29-15-7-9-17-32(29)36-34(28)33)35-30-16-8-6-14-27(30)26-19-18-23-10-4-5-13-25(23)22-26/h1-22,35H. The zero-order valence-electron chi connectivity index (χ0n) is 19.6. The van der Waals surface area contributed by atoms with Gasteiger partial charge in [0.15, 0.2) is 0 Å². The van der Waals surface area contributed by atoms with E-state index in [0.717, 1.165) is 11.4 Å². The van der Waals surface area contributed by atoms with Crippen LogP contribution in [0.1, 0.15) is 0 Å². The quantitative estimate of drug-likeness (QED) is 0.266. The lowest BCUT2D eigenvalue weighted by molar-refractivity contribution is 1.56. The summed E-state index contributed by atoms with van der Waals surface area (Å²) in [5.74, 6) is 0. The molecule has 7 aromatic rings. The summed E-state index contributed by atoms with van der Waals surface area (Å²) in [6.45, 7) is 0. The lowest BCUT2D eigenvalue weighted by atomic mass is 9.99. The molecule has 6 aromatic carbocycles. The van der Waals surface area contributed by atoms with Crippen molar-refractivity contribution >= 4 is 53.7 Å². The van der Waals surface area contributed by atoms with E-state index in [1.54, 1.807) is 0 Å². The third kappa shape index (κ3) is 3.55. The van der Waals surface area contributed by atoms with Gasteiger partial charge in [-0.15, -0.1) is 11.3 Å². The van der Waals surface area contributed by atoms with Gasteiger partial charge >= 0.3 is 0 Å². The van der Waals surface area contributed by atoms with Crippen LogP contribution in [0.15, 0.2) is 133 Å². The first kappa shape index (κ1) is 20.9. The zero-order valence-corrected chi connectivity index (χ0v) is 20.4. The Kier molecular flexibility index (Phi) is 5.04. The van der Waals surface area contributed by atoms with Gasteiger partial charge in [0.25, 0.3) is 0 Å². The third-order valence-corrected chi connectivity index (χ3v) is 8.07. The zero-order chi connectivity index (χ0) is 23.9. The molecule has 0 bridgehead atoms. The van der Waals surface area contributed by atoms with Gasteiger partial charge in [0.05, 0.1) is 0 Å². The lowest BCUT2D eigenvalue weighted by Crippen LogP contribution is -1.94. The van der Waals surface area contributed by atoms with Crippen molar-refractivity contribution in [1.29, 1.82) is 0 Å². The molecular formula is C34H23NS. The monoisotopic (exact) mass is 477 g/mol. The van der Waals surface area contributed by atoms with Gasteiger partial charge in [-0.05, 0) is 51.7 Å². The number of nitrogens with one attached hydrogen (secondary N) is 1. The molecule has 0 unspecified atom stereocenters. The van der Waals surface area contributed by atoms with Gasteiger partial charge in [-0.2, -0.15) is 0 Å². The molecule has 1 aromatic heterocycles. The molecule has 2 heteroatoms. The highest BCUT2D eigenvalue weighted by Gasteiger charge is 2.15. The molecular weight excluding hydrogens is 454 g/mol. The molecule has 7 rings (SSSR count). The first-order valence-electron chi connectivity index (χ1n) is 12.2. The minimum Gasteiger partial charge on any atom is -0.354 e. The molecule has 0 amide bonds. The minimum absolute atomic E-state index is 1.11. The third-order valence-electron chi connectivity index (χ3n) is 6.87. The Balaban J connectivity index is 1.40. The lowest BCUT2D eigenvalue weighted by Gasteiger charge is -2.15. The van der Waals surface area contributed by atoms with Crippen LogP contribution in [0, 0.1) is 0 Å². The normalized spacial score (nSPS) is 11.3. The fourth-order valence-electron chi connectivity index (χ4n) is 5.12. The SMILES string of the molecule is c1ccc(-c2ccc(Nc3ccccc3-c3ccc4ccccc4c3)c3c2sc2ccccc23)cc1. The summed E-state index contributed by atoms with van der Waals surface area (Å²) >= 11 is 1.87. The molecule has 0 atom stereocenters. The van der Waals surface area contributed by atoms with Gasteiger partial charge in [0, 0.05) is 37.1 Å². The van der Waals surface area contributed by atoms with Crippen LogP contribution in [0.4, 0.5) is 11.4 Å². The van der Waals surface area contributed by atoms with Crippen molar-refractivity contribution in [3.63, 3.8) is 0 Å². The van der Waals surface area contributed by atoms with Crippen molar-refractivity contribution in [1.82, 2.24) is 0 Å². The maximum Gasteiger partial charge on any atom is 0.0479 e. The van der Waals surface area contributed by atoms with E-state index >= 15 is 0 Å². The first-order valence-corrected chi connectivity index (χ1v) is 13.0. The van der Waals surface area contributed by atoms with Gasteiger partial charge < -0.3 is 5.32 Å². The summed E-state index contributed by atoms with van der Waals surface area (Å²) in [4.78, 5) is 0. The molecule has 0 saturated heterocycles. The Morgan fingerprint density at radius 1 is 0.472 bits per heavy atom. The first-order chi connectivity index (χ1) is 17.8. The second-order valence-corrected chi connectivity index (χ2v) is 10.1. The Morgan fingerprint density at radius 3 is 2.14 bits per heavy atom. The average Bonchev–Trinajstić information content (AvgIpc) is 3.34. The molecule has 0 saturated carbocycles. The van der Waals surface area contributed by atoms with Crippen LogP contribution in [0.25, 0.3) is 53.2 Å². The molecule has 1 heterocycles. The Hall–Kier alpha value is -4.40. The summed E-state index contributed by atoms with van der Waals surface area (Å²) in [7, 11) is 0. The van der Waals surface area contributed by atoms with E-state index in [0.29, 0.717) is 0 Å². The van der Waals surface area contributed by atoms with E-state index in [1.807, 2.05) is 11.3 Å². The molecule has 0 aliphatic heterocycles. The van der Waals surface area contributed by atoms with Crippen LogP contribution in [0.3, 0.4) is 0 Å². The van der Waals surface area contributed by atoms with Crippen molar-refractivity contribution in [2.45, 2.75) is 0 Å². The van der Waals surface area contributed by atoms with E-state index in [2.05, 4.69) is 139 Å². The number of para-hydroxylation sites is 1. The van der Waals surface area contributed by atoms with E-state index < -0.39 is 0 Å². The number of rotatable bonds is 4. The number of fused-ring (bicyclic) bond motifs is 4. The summed E-state index contributed by atoms with van der Waals surface area (Å²) in [6.07, 6.45) is 0. The second-order valence-electron chi connectivity index (χ2n) is 9.06. The highest BCUT2D eigenvalue weighted by atomic mass is 32.1. The van der Waals surface area contributed by atoms with Gasteiger partial charge in [-0.3, -0.25) is 0 Å². The summed E-state index contributed by atoms with van der Waals surface area (Å²) in [6, 6.07) is 47.8. The largest absolute Gasteiger partial charge is 0.354 e. The molecule has 0 aliphatic carbocycles. The molecule has 1 nitrogen and oxygen atoms in total. The second kappa shape index (κ2) is 8.67. The minimum atomic E-state index is 1.11. The van der Waals surface area contributed by atoms with Crippen LogP contribution in [-0.4, -0.2) is 0 Å². The molecule has 170 valence electrons. The molecule has 1 N–H and O–H groups in total. The van der Waals surface area contributed by atoms with Crippen LogP contribution >= 0.6 is 11.3 Å². The van der Waals surface area contributed by atoms with Crippen molar-refractivity contribution in [3.05, 3.63) is 133 Å². The van der Waals surface area contributed by atoms with Crippen LogP contribution in [0.2, 0.25) is 0 Å². The predicted molar refractivity (Wildman–Crippen MR) is 157 cm³/mol. The van der Waals surface area contributed by atoms with Crippen LogP contribution in [0.5, 0.6) is 0 Å². The van der Waals surface area contributed by atoms with Crippen molar-refractivity contribution in [2.24, 2.45) is 0 Å². The maximum atomic E-state index is 3.83. The fourth-order valence-corrected chi connectivity index (χ4v) is 6.39. The van der Waals surface area contributed by atoms with Gasteiger partial charge in [0.2, 0.25) is 0 Å². The highest BCUT2D eigenvalue weighted by molar-refractivity contribution is 7.26. The maximum absolute atomic E-state index is 3.83. The summed E-state index contributed by atoms with van der Waals surface area (Å²) < 4.78 is 2.62. The Morgan fingerprint density at radius 2 is 1.22 bits per heavy atom. The van der Waals surface area contributed by atoms with Gasteiger partial charge in [0.1, 0.15) is 0 Å². The number of hydrogen-bond acceptors (Lipinski definition) is 2. The van der Waals surface area contributed by atoms with Crippen LogP contribution in [-0.2, 0) is 0 Å². The molecule has 0 spiro atoms. The van der Waals surface area contributed by atoms with E-state index in [9.17, 15) is 0 Å². The Bertz CT molecular complexity index is 1860. The average molecular weight is 478 g/mol. The number of benzene rings is 6. The van der Waals surface area contributed by atoms with E-state index in [1.165, 1.54) is 53.2 Å². The predicted octanol–water partition coefficient (Wildman–Crippen LogP) is 10.3. The molecule has 0 radical (unpaired) electrons. The molecule has 0 fully saturated rings.